The van der Waals surface area contributed by atoms with Crippen molar-refractivity contribution in [3.63, 3.8) is 0 Å². The van der Waals surface area contributed by atoms with Crippen LogP contribution >= 0.6 is 0 Å². The summed E-state index contributed by atoms with van der Waals surface area (Å²) in [5, 5.41) is 105. The molecule has 0 aromatic rings. The summed E-state index contributed by atoms with van der Waals surface area (Å²) in [5.74, 6) is 0.993. The summed E-state index contributed by atoms with van der Waals surface area (Å²) < 4.78 is 0. The van der Waals surface area contributed by atoms with Crippen molar-refractivity contribution in [3.05, 3.63) is 0 Å². The molecule has 0 heterocycles. The van der Waals surface area contributed by atoms with Gasteiger partial charge in [0, 0.05) is 150 Å². The van der Waals surface area contributed by atoms with Crippen LogP contribution in [0.25, 0.3) is 0 Å². The molecule has 0 aromatic heterocycles. The van der Waals surface area contributed by atoms with Crippen LogP contribution in [0.15, 0.2) is 0 Å². The molecule has 6 rings (SSSR count). The van der Waals surface area contributed by atoms with E-state index in [1.165, 1.54) is 116 Å². The molecule has 6 fully saturated rings. The molecule has 66 heavy (non-hydrogen) atoms. The number of aliphatic hydroxyl groups excluding tert-OH is 6. The molecular formula is C42H102Dy3O21. The van der Waals surface area contributed by atoms with Gasteiger partial charge in [-0.2, -0.15) is 0 Å². The van der Waals surface area contributed by atoms with E-state index in [1.54, 1.807) is 0 Å². The summed E-state index contributed by atoms with van der Waals surface area (Å²) in [7, 11) is 0. The normalized spacial score (nSPS) is 18.8. The van der Waals surface area contributed by atoms with Crippen molar-refractivity contribution in [1.29, 1.82) is 0 Å². The van der Waals surface area contributed by atoms with Crippen LogP contribution in [0, 0.1) is 150 Å². The second kappa shape index (κ2) is 64.1. The van der Waals surface area contributed by atoms with E-state index in [-0.39, 0.29) is 199 Å². The molecule has 6 saturated carbocycles. The molecule has 21 nitrogen and oxygen atoms in total. The van der Waals surface area contributed by atoms with Crippen LogP contribution in [0.5, 0.6) is 0 Å². The third-order valence-corrected chi connectivity index (χ3v) is 12.4. The first-order valence-corrected chi connectivity index (χ1v) is 22.0. The van der Waals surface area contributed by atoms with E-state index in [0.717, 1.165) is 77.0 Å². The van der Waals surface area contributed by atoms with Crippen LogP contribution in [0.2, 0.25) is 0 Å². The number of aliphatic hydroxyl groups is 12. The van der Waals surface area contributed by atoms with Crippen molar-refractivity contribution >= 4 is 0 Å². The van der Waals surface area contributed by atoms with Crippen molar-refractivity contribution in [1.82, 2.24) is 0 Å². The van der Waals surface area contributed by atoms with Crippen molar-refractivity contribution in [2.24, 2.45) is 35.5 Å². The second-order valence-electron chi connectivity index (χ2n) is 16.9. The fourth-order valence-corrected chi connectivity index (χ4v) is 8.59. The molecule has 30 N–H and O–H groups in total. The maximum absolute atomic E-state index is 8.73. The van der Waals surface area contributed by atoms with Gasteiger partial charge in [-0.3, -0.25) is 0 Å². The zero-order valence-corrected chi connectivity index (χ0v) is 45.0. The molecular weight excluding hydrogens is 1330 g/mol. The third kappa shape index (κ3) is 51.9. The minimum absolute atomic E-state index is 0. The molecule has 0 radical (unpaired) electrons. The standard InChI is InChI=1S/6C7H14O2.3Dy.9H2O/c6*8-7(9)6-4-2-1-3-5-6;;;;;;;;;;;;/h6*6-9H,1-5H2;;;;9*1H2. The van der Waals surface area contributed by atoms with Gasteiger partial charge in [0.25, 0.3) is 0 Å². The van der Waals surface area contributed by atoms with Crippen molar-refractivity contribution in [2.45, 2.75) is 230 Å². The third-order valence-electron chi connectivity index (χ3n) is 12.4. The van der Waals surface area contributed by atoms with Gasteiger partial charge in [0.15, 0.2) is 37.7 Å². The van der Waals surface area contributed by atoms with E-state index in [0.29, 0.717) is 0 Å². The fraction of sp³-hybridized carbons (Fsp3) is 1.00. The van der Waals surface area contributed by atoms with E-state index in [2.05, 4.69) is 0 Å². The van der Waals surface area contributed by atoms with E-state index in [9.17, 15) is 0 Å². The monoisotopic (exact) mass is 1430 g/mol. The molecule has 6 aliphatic rings. The van der Waals surface area contributed by atoms with Gasteiger partial charge in [-0.15, -0.1) is 0 Å². The Hall–Kier alpha value is 2.98. The van der Waals surface area contributed by atoms with Gasteiger partial charge in [-0.05, 0) is 77.0 Å². The molecule has 0 aromatic carbocycles. The fourth-order valence-electron chi connectivity index (χ4n) is 8.59. The molecule has 0 aliphatic heterocycles. The van der Waals surface area contributed by atoms with Gasteiger partial charge >= 0.3 is 0 Å². The predicted octanol–water partition coefficient (Wildman–Crippen LogP) is -2.16. The van der Waals surface area contributed by atoms with Crippen LogP contribution in [-0.2, 0) is 0 Å². The Morgan fingerprint density at radius 3 is 0.288 bits per heavy atom. The number of hydrogen-bond donors (Lipinski definition) is 12. The van der Waals surface area contributed by atoms with Gasteiger partial charge in [0.2, 0.25) is 0 Å². The Kier molecular flexibility index (Phi) is 95.3. The summed E-state index contributed by atoms with van der Waals surface area (Å²) in [6.07, 6.45) is 27.2. The molecule has 24 heteroatoms. The second-order valence-corrected chi connectivity index (χ2v) is 16.9. The largest absolute Gasteiger partial charge is 0.412 e. The molecule has 426 valence electrons. The van der Waals surface area contributed by atoms with Gasteiger partial charge in [0.1, 0.15) is 0 Å². The van der Waals surface area contributed by atoms with E-state index >= 15 is 0 Å². The molecule has 0 atom stereocenters. The maximum atomic E-state index is 8.73. The van der Waals surface area contributed by atoms with Crippen LogP contribution in [0.1, 0.15) is 193 Å². The summed E-state index contributed by atoms with van der Waals surface area (Å²) >= 11 is 0. The van der Waals surface area contributed by atoms with Gasteiger partial charge in [-0.25, -0.2) is 0 Å². The Bertz CT molecular complexity index is 655. The van der Waals surface area contributed by atoms with E-state index < -0.39 is 37.7 Å². The van der Waals surface area contributed by atoms with Crippen LogP contribution in [-0.4, -0.2) is 148 Å². The smallest absolute Gasteiger partial charge is 0.154 e. The van der Waals surface area contributed by atoms with Crippen molar-refractivity contribution in [2.75, 3.05) is 0 Å². The van der Waals surface area contributed by atoms with E-state index in [1.807, 2.05) is 0 Å². The summed E-state index contributed by atoms with van der Waals surface area (Å²) in [6, 6.07) is 0. The Labute approximate surface area is 485 Å². The minimum atomic E-state index is -1.06. The molecule has 0 unspecified atom stereocenters. The molecule has 0 amide bonds. The first-order chi connectivity index (χ1) is 25.8. The molecule has 0 bridgehead atoms. The van der Waals surface area contributed by atoms with Crippen LogP contribution in [0.4, 0.5) is 0 Å². The molecule has 0 saturated heterocycles. The zero-order valence-electron chi connectivity index (χ0n) is 39.0. The van der Waals surface area contributed by atoms with E-state index in [4.69, 9.17) is 61.3 Å². The summed E-state index contributed by atoms with van der Waals surface area (Å²) in [5.41, 5.74) is 0. The average molecular weight is 1430 g/mol. The Morgan fingerprint density at radius 1 is 0.167 bits per heavy atom. The minimum Gasteiger partial charge on any atom is -0.412 e. The van der Waals surface area contributed by atoms with Gasteiger partial charge in [-0.1, -0.05) is 116 Å². The van der Waals surface area contributed by atoms with Crippen molar-refractivity contribution in [3.8, 4) is 0 Å². The molecule has 6 aliphatic carbocycles. The summed E-state index contributed by atoms with van der Waals surface area (Å²) in [4.78, 5) is 0. The van der Waals surface area contributed by atoms with Crippen LogP contribution < -0.4 is 0 Å². The van der Waals surface area contributed by atoms with Gasteiger partial charge < -0.3 is 111 Å². The maximum Gasteiger partial charge on any atom is 0.154 e. The average Bonchev–Trinajstić information content (AvgIpc) is 3.21. The number of rotatable bonds is 6. The summed E-state index contributed by atoms with van der Waals surface area (Å²) in [6.45, 7) is 0. The quantitative estimate of drug-likeness (QED) is 0.127. The SMILES string of the molecule is O.O.O.O.O.O.O.O.O.OC(O)C1CCCCC1.OC(O)C1CCCCC1.OC(O)C1CCCCC1.OC(O)C1CCCCC1.OC(O)C1CCCCC1.OC(O)C1CCCCC1.[Dy].[Dy].[Dy]. The Morgan fingerprint density at radius 2 is 0.242 bits per heavy atom. The first kappa shape index (κ1) is 98.2. The topological polar surface area (TPSA) is 526 Å². The van der Waals surface area contributed by atoms with Crippen LogP contribution in [0.3, 0.4) is 0 Å². The predicted molar refractivity (Wildman–Crippen MR) is 241 cm³/mol. The first-order valence-electron chi connectivity index (χ1n) is 22.0. The van der Waals surface area contributed by atoms with Crippen molar-refractivity contribution < 1.29 is 225 Å². The number of hydrogen-bond acceptors (Lipinski definition) is 12. The Balaban J connectivity index is -0.0000000512. The zero-order chi connectivity index (χ0) is 40.1. The molecule has 0 spiro atoms. The van der Waals surface area contributed by atoms with Gasteiger partial charge in [0.05, 0.1) is 0 Å².